The maximum absolute atomic E-state index is 11.9. The molecule has 1 aromatic carbocycles. The van der Waals surface area contributed by atoms with Crippen LogP contribution in [0.2, 0.25) is 15.3 Å². The summed E-state index contributed by atoms with van der Waals surface area (Å²) in [6.45, 7) is 9.47. The Bertz CT molecular complexity index is 3720. The summed E-state index contributed by atoms with van der Waals surface area (Å²) in [6.07, 6.45) is 8.24. The number of carbonyl (C=O) groups excluding carboxylic acids is 3. The maximum atomic E-state index is 11.9. The van der Waals surface area contributed by atoms with Gasteiger partial charge >= 0.3 is 0 Å². The number of carbonyl (C=O) groups is 3. The number of nitrogens with zero attached hydrogens (tertiary/aromatic N) is 10. The number of nitrogens with two attached hydrogens (primary N) is 3. The van der Waals surface area contributed by atoms with Gasteiger partial charge in [0.25, 0.3) is 17.7 Å². The molecule has 19 heteroatoms. The van der Waals surface area contributed by atoms with Crippen molar-refractivity contribution in [2.24, 2.45) is 31.3 Å². The SMILES string of the molecule is Cc1ccc(-c2c(C(N)=O)nc(C#Cc3cccc(Cl)c3C)n2C)cn1.Cc1ccc(-c2c(C(N)=O)nc(C#Cc3ccnc(Cl)c3)n2C)cn1.Cc1ccc(-n2c(C(N)=O)cc(C#Cc3ccnc(Cl)c3)c2C)cn1. The van der Waals surface area contributed by atoms with Gasteiger partial charge in [-0.1, -0.05) is 64.6 Å². The minimum Gasteiger partial charge on any atom is -0.364 e. The molecule has 0 saturated carbocycles. The average Bonchev–Trinajstić information content (AvgIpc) is 4.05. The van der Waals surface area contributed by atoms with Gasteiger partial charge in [-0.3, -0.25) is 29.3 Å². The Morgan fingerprint density at radius 3 is 1.43 bits per heavy atom. The van der Waals surface area contributed by atoms with Gasteiger partial charge in [0.05, 0.1) is 23.3 Å². The predicted molar refractivity (Wildman–Crippen MR) is 294 cm³/mol. The summed E-state index contributed by atoms with van der Waals surface area (Å²) in [5.74, 6) is 17.2. The van der Waals surface area contributed by atoms with E-state index in [-0.39, 0.29) is 11.4 Å². The van der Waals surface area contributed by atoms with E-state index in [1.165, 1.54) is 0 Å². The number of imidazole rings is 2. The van der Waals surface area contributed by atoms with Gasteiger partial charge in [-0.15, -0.1) is 0 Å². The normalized spacial score (nSPS) is 10.2. The van der Waals surface area contributed by atoms with E-state index in [4.69, 9.17) is 52.0 Å². The van der Waals surface area contributed by atoms with Crippen LogP contribution in [0.5, 0.6) is 0 Å². The highest BCUT2D eigenvalue weighted by molar-refractivity contribution is 6.31. The predicted octanol–water partition coefficient (Wildman–Crippen LogP) is 8.62. The second-order valence-corrected chi connectivity index (χ2v) is 18.0. The van der Waals surface area contributed by atoms with Crippen molar-refractivity contribution in [2.45, 2.75) is 34.6 Å². The summed E-state index contributed by atoms with van der Waals surface area (Å²) >= 11 is 17.9. The molecule has 0 unspecified atom stereocenters. The first-order chi connectivity index (χ1) is 36.3. The number of pyridine rings is 5. The topological polar surface area (TPSA) is 234 Å². The highest BCUT2D eigenvalue weighted by Crippen LogP contribution is 2.26. The van der Waals surface area contributed by atoms with Crippen LogP contribution in [0.3, 0.4) is 0 Å². The van der Waals surface area contributed by atoms with Crippen LogP contribution in [0, 0.1) is 70.1 Å². The van der Waals surface area contributed by atoms with Crippen LogP contribution < -0.4 is 17.2 Å². The van der Waals surface area contributed by atoms with Crippen molar-refractivity contribution in [3.05, 3.63) is 211 Å². The molecule has 378 valence electrons. The summed E-state index contributed by atoms with van der Waals surface area (Å²) in [5, 5.41) is 1.39. The van der Waals surface area contributed by atoms with E-state index < -0.39 is 17.7 Å². The summed E-state index contributed by atoms with van der Waals surface area (Å²) in [6, 6.07) is 25.3. The number of hydrogen-bond acceptors (Lipinski definition) is 10. The molecule has 9 aromatic rings. The molecule has 3 amide bonds. The van der Waals surface area contributed by atoms with Gasteiger partial charge < -0.3 is 30.9 Å². The van der Waals surface area contributed by atoms with Crippen LogP contribution in [0.4, 0.5) is 0 Å². The standard InChI is InChI=1S/C20H17ClN4O.C19H15ClN4O.C18H14ClN5O/c1-12-7-8-15(11-23-12)19-18(20(22)26)24-17(25(19)3)10-9-14-5-4-6-16(21)13(14)2;1-12-3-6-16(11-23-12)24-13(2)15(10-17(24)19(21)25)5-4-14-7-8-22-18(20)9-14;1-11-3-5-13(10-22-11)17-16(18(20)25)23-15(24(17)2)6-4-12-7-8-21-14(19)9-12/h4-8,11H,1-3H3,(H2,22,26);3,6-11H,1-2H3,(H2,21,25);3,5,7-10H,1-2H3,(H2,20,25). The van der Waals surface area contributed by atoms with Gasteiger partial charge in [-0.2, -0.15) is 0 Å². The van der Waals surface area contributed by atoms with E-state index in [0.717, 1.165) is 56.3 Å². The van der Waals surface area contributed by atoms with Crippen molar-refractivity contribution in [1.82, 2.24) is 48.6 Å². The fourth-order valence-electron chi connectivity index (χ4n) is 7.37. The monoisotopic (exact) mass is 1070 g/mol. The lowest BCUT2D eigenvalue weighted by atomic mass is 10.1. The second kappa shape index (κ2) is 24.1. The van der Waals surface area contributed by atoms with Crippen molar-refractivity contribution in [3.8, 4) is 63.7 Å². The molecule has 0 aliphatic carbocycles. The molecule has 16 nitrogen and oxygen atoms in total. The number of aromatic nitrogens is 10. The van der Waals surface area contributed by atoms with Gasteiger partial charge in [-0.25, -0.2) is 19.9 Å². The van der Waals surface area contributed by atoms with Crippen LogP contribution in [-0.2, 0) is 14.1 Å². The minimum atomic E-state index is -0.619. The van der Waals surface area contributed by atoms with E-state index in [0.29, 0.717) is 55.2 Å². The minimum absolute atomic E-state index is 0.158. The van der Waals surface area contributed by atoms with E-state index in [1.807, 2.05) is 89.2 Å². The average molecular weight is 1070 g/mol. The zero-order valence-electron chi connectivity index (χ0n) is 42.0. The van der Waals surface area contributed by atoms with Crippen LogP contribution in [0.15, 0.2) is 116 Å². The molecule has 0 atom stereocenters. The zero-order chi connectivity index (χ0) is 54.8. The molecular weight excluding hydrogens is 1020 g/mol. The zero-order valence-corrected chi connectivity index (χ0v) is 44.3. The number of benzene rings is 1. The molecule has 76 heavy (non-hydrogen) atoms. The Hall–Kier alpha value is -9.37. The molecule has 8 aromatic heterocycles. The first-order valence-corrected chi connectivity index (χ1v) is 24.0. The van der Waals surface area contributed by atoms with Crippen molar-refractivity contribution in [1.29, 1.82) is 0 Å². The lowest BCUT2D eigenvalue weighted by Crippen LogP contribution is -2.16. The largest absolute Gasteiger partial charge is 0.364 e. The van der Waals surface area contributed by atoms with Crippen molar-refractivity contribution in [2.75, 3.05) is 0 Å². The summed E-state index contributed by atoms with van der Waals surface area (Å²) < 4.78 is 5.24. The molecule has 8 heterocycles. The van der Waals surface area contributed by atoms with Gasteiger partial charge in [0.1, 0.15) is 16.0 Å². The van der Waals surface area contributed by atoms with Crippen LogP contribution in [-0.4, -0.2) is 66.3 Å². The van der Waals surface area contributed by atoms with Crippen LogP contribution in [0.1, 0.15) is 93.7 Å². The molecule has 0 radical (unpaired) electrons. The van der Waals surface area contributed by atoms with Gasteiger partial charge in [0, 0.05) is 100 Å². The number of halogens is 3. The first kappa shape index (κ1) is 54.4. The van der Waals surface area contributed by atoms with Gasteiger partial charge in [0.2, 0.25) is 0 Å². The third kappa shape index (κ3) is 13.0. The lowest BCUT2D eigenvalue weighted by Gasteiger charge is -2.09. The van der Waals surface area contributed by atoms with Crippen molar-refractivity contribution >= 4 is 52.5 Å². The number of aryl methyl sites for hydroxylation is 3. The molecule has 6 N–H and O–H groups in total. The molecule has 0 spiro atoms. The Morgan fingerprint density at radius 1 is 0.513 bits per heavy atom. The van der Waals surface area contributed by atoms with Crippen molar-refractivity contribution in [3.63, 3.8) is 0 Å². The number of amides is 3. The molecule has 0 bridgehead atoms. The quantitative estimate of drug-likeness (QED) is 0.106. The number of hydrogen-bond donors (Lipinski definition) is 3. The molecule has 0 saturated heterocycles. The Morgan fingerprint density at radius 2 is 0.987 bits per heavy atom. The smallest absolute Gasteiger partial charge is 0.269 e. The van der Waals surface area contributed by atoms with E-state index in [1.54, 1.807) is 89.1 Å². The molecule has 0 aliphatic heterocycles. The van der Waals surface area contributed by atoms with Gasteiger partial charge in [-0.05, 0) is 131 Å². The molecule has 0 fully saturated rings. The van der Waals surface area contributed by atoms with Crippen LogP contribution in [0.25, 0.3) is 28.2 Å². The maximum Gasteiger partial charge on any atom is 0.269 e. The second-order valence-electron chi connectivity index (χ2n) is 16.8. The molecule has 9 rings (SSSR count). The number of primary amides is 3. The third-order valence-electron chi connectivity index (χ3n) is 11.4. The van der Waals surface area contributed by atoms with Crippen molar-refractivity contribution < 1.29 is 14.4 Å². The Kier molecular flexibility index (Phi) is 17.3. The van der Waals surface area contributed by atoms with E-state index >= 15 is 0 Å². The van der Waals surface area contributed by atoms with E-state index in [2.05, 4.69) is 70.4 Å². The van der Waals surface area contributed by atoms with E-state index in [9.17, 15) is 14.4 Å². The highest BCUT2D eigenvalue weighted by Gasteiger charge is 2.22. The lowest BCUT2D eigenvalue weighted by molar-refractivity contribution is 0.0986. The Balaban J connectivity index is 0.000000166. The third-order valence-corrected chi connectivity index (χ3v) is 12.2. The molecular formula is C57H46Cl3N13O3. The fourth-order valence-corrected chi connectivity index (χ4v) is 7.90. The summed E-state index contributed by atoms with van der Waals surface area (Å²) in [7, 11) is 3.57. The Labute approximate surface area is 453 Å². The summed E-state index contributed by atoms with van der Waals surface area (Å²) in [4.78, 5) is 64.8. The number of rotatable bonds is 6. The molecule has 0 aliphatic rings. The highest BCUT2D eigenvalue weighted by atomic mass is 35.5. The first-order valence-electron chi connectivity index (χ1n) is 22.9. The van der Waals surface area contributed by atoms with Crippen LogP contribution >= 0.6 is 34.8 Å². The fraction of sp³-hybridized carbons (Fsp3) is 0.123. The summed E-state index contributed by atoms with van der Waals surface area (Å²) in [5.41, 5.74) is 28.0. The van der Waals surface area contributed by atoms with Gasteiger partial charge in [0.15, 0.2) is 23.0 Å².